The zero-order valence-corrected chi connectivity index (χ0v) is 15.6. The molecule has 0 atom stereocenters. The van der Waals surface area contributed by atoms with Crippen molar-refractivity contribution in [1.82, 2.24) is 10.1 Å². The van der Waals surface area contributed by atoms with E-state index in [1.807, 2.05) is 30.3 Å². The van der Waals surface area contributed by atoms with Crippen molar-refractivity contribution in [3.05, 3.63) is 65.0 Å². The second-order valence-corrected chi connectivity index (χ2v) is 6.45. The second kappa shape index (κ2) is 8.41. The van der Waals surface area contributed by atoms with Gasteiger partial charge in [-0.05, 0) is 25.1 Å². The molecular weight excluding hydrogens is 366 g/mol. The van der Waals surface area contributed by atoms with Gasteiger partial charge in [-0.25, -0.2) is 9.78 Å². The van der Waals surface area contributed by atoms with Crippen LogP contribution in [0.3, 0.4) is 0 Å². The quantitative estimate of drug-likeness (QED) is 0.474. The van der Waals surface area contributed by atoms with Crippen LogP contribution < -0.4 is 4.90 Å². The van der Waals surface area contributed by atoms with E-state index < -0.39 is 5.97 Å². The summed E-state index contributed by atoms with van der Waals surface area (Å²) in [5.74, 6) is -0.00915. The lowest BCUT2D eigenvalue weighted by Crippen LogP contribution is -2.22. The molecule has 2 aromatic heterocycles. The molecule has 3 aromatic rings. The number of ether oxygens (including phenoxy) is 1. The van der Waals surface area contributed by atoms with E-state index in [-0.39, 0.29) is 12.5 Å². The minimum atomic E-state index is -0.517. The summed E-state index contributed by atoms with van der Waals surface area (Å²) in [6, 6.07) is 11.0. The number of hydrogen-bond acceptors (Lipinski definition) is 7. The Balaban J connectivity index is 1.65. The molecule has 3 rings (SSSR count). The van der Waals surface area contributed by atoms with Crippen LogP contribution in [0.1, 0.15) is 24.1 Å². The largest absolute Gasteiger partial charge is 0.456 e. The zero-order chi connectivity index (χ0) is 19.2. The molecule has 0 fully saturated rings. The van der Waals surface area contributed by atoms with E-state index >= 15 is 0 Å². The highest BCUT2D eigenvalue weighted by molar-refractivity contribution is 7.14. The summed E-state index contributed by atoms with van der Waals surface area (Å²) in [4.78, 5) is 29.8. The van der Waals surface area contributed by atoms with Crippen LogP contribution in [0.4, 0.5) is 10.8 Å². The van der Waals surface area contributed by atoms with Gasteiger partial charge in [0.25, 0.3) is 0 Å². The summed E-state index contributed by atoms with van der Waals surface area (Å²) >= 11 is 1.31. The normalized spacial score (nSPS) is 10.9. The highest BCUT2D eigenvalue weighted by Crippen LogP contribution is 2.29. The molecule has 0 spiro atoms. The summed E-state index contributed by atoms with van der Waals surface area (Å²) in [7, 11) is 0. The van der Waals surface area contributed by atoms with E-state index in [2.05, 4.69) is 10.1 Å². The Bertz CT molecular complexity index is 962. The lowest BCUT2D eigenvalue weighted by Gasteiger charge is -2.17. The van der Waals surface area contributed by atoms with Crippen LogP contribution in [0.5, 0.6) is 0 Å². The summed E-state index contributed by atoms with van der Waals surface area (Å²) in [5, 5.41) is 6.04. The second-order valence-electron chi connectivity index (χ2n) is 5.61. The number of thiazole rings is 1. The fourth-order valence-corrected chi connectivity index (χ4v) is 3.15. The molecule has 0 unspecified atom stereocenters. The van der Waals surface area contributed by atoms with Crippen molar-refractivity contribution in [2.45, 2.75) is 20.5 Å². The van der Waals surface area contributed by atoms with Gasteiger partial charge in [0.05, 0.1) is 11.4 Å². The van der Waals surface area contributed by atoms with Crippen LogP contribution in [0, 0.1) is 6.92 Å². The Kier molecular flexibility index (Phi) is 5.77. The fourth-order valence-electron chi connectivity index (χ4n) is 2.29. The van der Waals surface area contributed by atoms with Crippen molar-refractivity contribution < 1.29 is 18.8 Å². The number of nitrogens with zero attached hydrogens (tertiary/aromatic N) is 3. The van der Waals surface area contributed by atoms with Gasteiger partial charge >= 0.3 is 5.97 Å². The maximum absolute atomic E-state index is 12.0. The Morgan fingerprint density at radius 2 is 2.07 bits per heavy atom. The lowest BCUT2D eigenvalue weighted by molar-refractivity contribution is -0.139. The predicted molar refractivity (Wildman–Crippen MR) is 101 cm³/mol. The number of hydrogen-bond donors (Lipinski definition) is 0. The average molecular weight is 383 g/mol. The Labute approximate surface area is 159 Å². The third-order valence-corrected chi connectivity index (χ3v) is 4.30. The van der Waals surface area contributed by atoms with E-state index in [0.717, 1.165) is 5.69 Å². The third kappa shape index (κ3) is 4.89. The average Bonchev–Trinajstić information content (AvgIpc) is 3.28. The maximum atomic E-state index is 12.0. The predicted octanol–water partition coefficient (Wildman–Crippen LogP) is 3.88. The number of esters is 1. The molecule has 0 aliphatic carbocycles. The van der Waals surface area contributed by atoms with Gasteiger partial charge in [0.15, 0.2) is 5.13 Å². The highest BCUT2D eigenvalue weighted by Gasteiger charge is 2.17. The zero-order valence-electron chi connectivity index (χ0n) is 14.8. The van der Waals surface area contributed by atoms with Crippen LogP contribution in [0.25, 0.3) is 6.08 Å². The minimum Gasteiger partial charge on any atom is -0.456 e. The molecule has 0 bridgehead atoms. The van der Waals surface area contributed by atoms with Crippen LogP contribution in [0.15, 0.2) is 52.4 Å². The maximum Gasteiger partial charge on any atom is 0.331 e. The summed E-state index contributed by atoms with van der Waals surface area (Å²) in [6.45, 7) is 3.28. The van der Waals surface area contributed by atoms with Crippen LogP contribution in [0.2, 0.25) is 0 Å². The summed E-state index contributed by atoms with van der Waals surface area (Å²) < 4.78 is 9.99. The number of anilines is 2. The smallest absolute Gasteiger partial charge is 0.331 e. The molecular formula is C19H17N3O4S. The number of rotatable bonds is 6. The standard InChI is InChI=1S/C19H17N3O4S/c1-13-10-16(21-26-13)11-25-18(24)9-8-15-12-27-19(20-15)22(14(2)23)17-6-4-3-5-7-17/h3-10,12H,11H2,1-2H3/b9-8+. The molecule has 7 nitrogen and oxygen atoms in total. The fraction of sp³-hybridized carbons (Fsp3) is 0.158. The number of carbonyl (C=O) groups excluding carboxylic acids is 2. The number of aromatic nitrogens is 2. The number of carbonyl (C=O) groups is 2. The Hall–Kier alpha value is -3.26. The van der Waals surface area contributed by atoms with Gasteiger partial charge in [-0.3, -0.25) is 9.69 Å². The van der Waals surface area contributed by atoms with Crippen molar-refractivity contribution in [2.24, 2.45) is 0 Å². The van der Waals surface area contributed by atoms with Crippen LogP contribution in [-0.4, -0.2) is 22.0 Å². The Morgan fingerprint density at radius 3 is 2.74 bits per heavy atom. The molecule has 0 aliphatic heterocycles. The SMILES string of the molecule is CC(=O)N(c1ccccc1)c1nc(/C=C/C(=O)OCc2cc(C)on2)cs1. The summed E-state index contributed by atoms with van der Waals surface area (Å²) in [6.07, 6.45) is 2.83. The monoisotopic (exact) mass is 383 g/mol. The molecule has 138 valence electrons. The molecule has 8 heteroatoms. The molecule has 2 heterocycles. The molecule has 0 radical (unpaired) electrons. The first-order valence-corrected chi connectivity index (χ1v) is 8.99. The first-order valence-electron chi connectivity index (χ1n) is 8.11. The van der Waals surface area contributed by atoms with Crippen LogP contribution in [-0.2, 0) is 20.9 Å². The highest BCUT2D eigenvalue weighted by atomic mass is 32.1. The number of amides is 1. The number of aryl methyl sites for hydroxylation is 1. The first-order chi connectivity index (χ1) is 13.0. The molecule has 27 heavy (non-hydrogen) atoms. The first kappa shape index (κ1) is 18.5. The van der Waals surface area contributed by atoms with Gasteiger partial charge in [-0.15, -0.1) is 11.3 Å². The molecule has 0 saturated carbocycles. The molecule has 1 amide bonds. The Morgan fingerprint density at radius 1 is 1.30 bits per heavy atom. The molecule has 0 aliphatic rings. The van der Waals surface area contributed by atoms with E-state index in [0.29, 0.717) is 22.3 Å². The molecule has 1 aromatic carbocycles. The molecule has 0 saturated heterocycles. The molecule has 0 N–H and O–H groups in total. The van der Waals surface area contributed by atoms with Crippen molar-refractivity contribution in [1.29, 1.82) is 0 Å². The van der Waals surface area contributed by atoms with Crippen molar-refractivity contribution in [3.8, 4) is 0 Å². The van der Waals surface area contributed by atoms with Gasteiger partial charge in [0, 0.05) is 24.4 Å². The van der Waals surface area contributed by atoms with Gasteiger partial charge in [-0.1, -0.05) is 23.4 Å². The number of benzene rings is 1. The van der Waals surface area contributed by atoms with Crippen molar-refractivity contribution >= 4 is 40.1 Å². The topological polar surface area (TPSA) is 85.5 Å². The van der Waals surface area contributed by atoms with Gasteiger partial charge in [0.2, 0.25) is 5.91 Å². The van der Waals surface area contributed by atoms with E-state index in [1.165, 1.54) is 29.2 Å². The minimum absolute atomic E-state index is 0.0367. The van der Waals surface area contributed by atoms with Gasteiger partial charge in [0.1, 0.15) is 18.1 Å². The lowest BCUT2D eigenvalue weighted by atomic mass is 10.3. The van der Waals surface area contributed by atoms with Crippen LogP contribution >= 0.6 is 11.3 Å². The van der Waals surface area contributed by atoms with E-state index in [4.69, 9.17) is 9.26 Å². The van der Waals surface area contributed by atoms with E-state index in [1.54, 1.807) is 24.4 Å². The van der Waals surface area contributed by atoms with Gasteiger partial charge in [-0.2, -0.15) is 0 Å². The summed E-state index contributed by atoms with van der Waals surface area (Å²) in [5.41, 5.74) is 1.84. The van der Waals surface area contributed by atoms with Gasteiger partial charge < -0.3 is 9.26 Å². The number of para-hydroxylation sites is 1. The van der Waals surface area contributed by atoms with E-state index in [9.17, 15) is 9.59 Å². The van der Waals surface area contributed by atoms with Crippen molar-refractivity contribution in [3.63, 3.8) is 0 Å². The third-order valence-electron chi connectivity index (χ3n) is 3.46. The van der Waals surface area contributed by atoms with Crippen molar-refractivity contribution in [2.75, 3.05) is 4.90 Å².